The second kappa shape index (κ2) is 6.44. The number of hydrogen-bond acceptors (Lipinski definition) is 3. The third-order valence-electron chi connectivity index (χ3n) is 3.42. The predicted octanol–water partition coefficient (Wildman–Crippen LogP) is 3.38. The van der Waals surface area contributed by atoms with Crippen molar-refractivity contribution in [1.29, 1.82) is 0 Å². The fourth-order valence-electron chi connectivity index (χ4n) is 2.19. The summed E-state index contributed by atoms with van der Waals surface area (Å²) < 4.78 is 5.37. The predicted molar refractivity (Wildman–Crippen MR) is 82.2 cm³/mol. The highest BCUT2D eigenvalue weighted by molar-refractivity contribution is 5.49. The molecular formula is C17H21NO2. The number of ether oxygens (including phenoxy) is 1. The van der Waals surface area contributed by atoms with Crippen LogP contribution in [0.15, 0.2) is 48.5 Å². The maximum atomic E-state index is 9.53. The molecule has 0 spiro atoms. The summed E-state index contributed by atoms with van der Waals surface area (Å²) in [5, 5.41) is 9.53. The SMILES string of the molecule is COc1ccccc1CN(C)c1ccc([C@@H](C)O)cc1. The van der Waals surface area contributed by atoms with Crippen molar-refractivity contribution in [2.75, 3.05) is 19.1 Å². The Balaban J connectivity index is 2.13. The molecule has 2 aromatic rings. The summed E-state index contributed by atoms with van der Waals surface area (Å²) in [4.78, 5) is 2.16. The molecule has 106 valence electrons. The fraction of sp³-hybridized carbons (Fsp3) is 0.294. The molecule has 0 radical (unpaired) electrons. The topological polar surface area (TPSA) is 32.7 Å². The lowest BCUT2D eigenvalue weighted by Crippen LogP contribution is -2.16. The summed E-state index contributed by atoms with van der Waals surface area (Å²) in [6.45, 7) is 2.55. The molecular weight excluding hydrogens is 250 g/mol. The van der Waals surface area contributed by atoms with Gasteiger partial charge in [-0.1, -0.05) is 30.3 Å². The van der Waals surface area contributed by atoms with E-state index < -0.39 is 6.10 Å². The molecule has 1 N–H and O–H groups in total. The molecule has 0 aliphatic carbocycles. The number of aliphatic hydroxyl groups excluding tert-OH is 1. The Morgan fingerprint density at radius 1 is 1.10 bits per heavy atom. The van der Waals surface area contributed by atoms with Crippen LogP contribution in [0.1, 0.15) is 24.2 Å². The van der Waals surface area contributed by atoms with Gasteiger partial charge in [0, 0.05) is 24.8 Å². The molecule has 20 heavy (non-hydrogen) atoms. The van der Waals surface area contributed by atoms with Gasteiger partial charge in [0.05, 0.1) is 13.2 Å². The van der Waals surface area contributed by atoms with Gasteiger partial charge in [-0.05, 0) is 30.7 Å². The smallest absolute Gasteiger partial charge is 0.123 e. The lowest BCUT2D eigenvalue weighted by Gasteiger charge is -2.21. The Kier molecular flexibility index (Phi) is 4.64. The summed E-state index contributed by atoms with van der Waals surface area (Å²) in [6.07, 6.45) is -0.427. The zero-order valence-corrected chi connectivity index (χ0v) is 12.2. The molecule has 3 heteroatoms. The second-order valence-electron chi connectivity index (χ2n) is 4.94. The normalized spacial score (nSPS) is 12.0. The molecule has 0 aliphatic heterocycles. The van der Waals surface area contributed by atoms with E-state index in [0.29, 0.717) is 0 Å². The highest BCUT2D eigenvalue weighted by atomic mass is 16.5. The molecule has 3 nitrogen and oxygen atoms in total. The number of nitrogens with zero attached hydrogens (tertiary/aromatic N) is 1. The van der Waals surface area contributed by atoms with Crippen LogP contribution in [0.2, 0.25) is 0 Å². The highest BCUT2D eigenvalue weighted by Crippen LogP contribution is 2.23. The van der Waals surface area contributed by atoms with E-state index in [9.17, 15) is 5.11 Å². The van der Waals surface area contributed by atoms with E-state index in [1.54, 1.807) is 14.0 Å². The van der Waals surface area contributed by atoms with E-state index in [2.05, 4.69) is 11.0 Å². The molecule has 0 aliphatic rings. The Labute approximate surface area is 120 Å². The van der Waals surface area contributed by atoms with Crippen LogP contribution in [0.4, 0.5) is 5.69 Å². The Morgan fingerprint density at radius 3 is 2.35 bits per heavy atom. The van der Waals surface area contributed by atoms with Gasteiger partial charge in [0.25, 0.3) is 0 Å². The number of para-hydroxylation sites is 1. The molecule has 0 bridgehead atoms. The zero-order chi connectivity index (χ0) is 14.5. The first-order chi connectivity index (χ1) is 9.61. The number of anilines is 1. The van der Waals surface area contributed by atoms with Gasteiger partial charge in [0.1, 0.15) is 5.75 Å². The van der Waals surface area contributed by atoms with Crippen LogP contribution in [0.3, 0.4) is 0 Å². The van der Waals surface area contributed by atoms with Crippen LogP contribution < -0.4 is 9.64 Å². The van der Waals surface area contributed by atoms with Gasteiger partial charge in [-0.2, -0.15) is 0 Å². The van der Waals surface area contributed by atoms with Crippen LogP contribution >= 0.6 is 0 Å². The van der Waals surface area contributed by atoms with Crippen molar-refractivity contribution < 1.29 is 9.84 Å². The van der Waals surface area contributed by atoms with Crippen molar-refractivity contribution in [3.63, 3.8) is 0 Å². The van der Waals surface area contributed by atoms with Crippen molar-refractivity contribution in [2.24, 2.45) is 0 Å². The minimum absolute atomic E-state index is 0.427. The average Bonchev–Trinajstić information content (AvgIpc) is 2.48. The van der Waals surface area contributed by atoms with Crippen LogP contribution in [-0.2, 0) is 6.54 Å². The molecule has 0 amide bonds. The van der Waals surface area contributed by atoms with Crippen molar-refractivity contribution in [1.82, 2.24) is 0 Å². The van der Waals surface area contributed by atoms with Gasteiger partial charge >= 0.3 is 0 Å². The van der Waals surface area contributed by atoms with E-state index in [0.717, 1.165) is 29.1 Å². The fourth-order valence-corrected chi connectivity index (χ4v) is 2.19. The highest BCUT2D eigenvalue weighted by Gasteiger charge is 2.07. The Morgan fingerprint density at radius 2 is 1.75 bits per heavy atom. The van der Waals surface area contributed by atoms with Gasteiger partial charge in [-0.3, -0.25) is 0 Å². The number of hydrogen-bond donors (Lipinski definition) is 1. The van der Waals surface area contributed by atoms with Crippen molar-refractivity contribution in [3.05, 3.63) is 59.7 Å². The molecule has 2 rings (SSSR count). The summed E-state index contributed by atoms with van der Waals surface area (Å²) in [5.41, 5.74) is 3.19. The maximum Gasteiger partial charge on any atom is 0.123 e. The minimum Gasteiger partial charge on any atom is -0.496 e. The van der Waals surface area contributed by atoms with Crippen molar-refractivity contribution >= 4 is 5.69 Å². The number of rotatable bonds is 5. The monoisotopic (exact) mass is 271 g/mol. The van der Waals surface area contributed by atoms with Gasteiger partial charge < -0.3 is 14.7 Å². The first-order valence-electron chi connectivity index (χ1n) is 6.73. The Hall–Kier alpha value is -2.00. The lowest BCUT2D eigenvalue weighted by atomic mass is 10.1. The molecule has 0 fully saturated rings. The molecule has 2 aromatic carbocycles. The third-order valence-corrected chi connectivity index (χ3v) is 3.42. The maximum absolute atomic E-state index is 9.53. The van der Waals surface area contributed by atoms with Crippen LogP contribution in [0.25, 0.3) is 0 Å². The van der Waals surface area contributed by atoms with E-state index in [-0.39, 0.29) is 0 Å². The summed E-state index contributed by atoms with van der Waals surface area (Å²) in [7, 11) is 3.74. The van der Waals surface area contributed by atoms with Gasteiger partial charge in [-0.15, -0.1) is 0 Å². The molecule has 0 unspecified atom stereocenters. The largest absolute Gasteiger partial charge is 0.496 e. The van der Waals surface area contributed by atoms with Gasteiger partial charge in [0.15, 0.2) is 0 Å². The zero-order valence-electron chi connectivity index (χ0n) is 12.2. The number of benzene rings is 2. The van der Waals surface area contributed by atoms with E-state index in [1.165, 1.54) is 0 Å². The summed E-state index contributed by atoms with van der Waals surface area (Å²) in [6, 6.07) is 16.0. The lowest BCUT2D eigenvalue weighted by molar-refractivity contribution is 0.199. The van der Waals surface area contributed by atoms with Crippen LogP contribution in [-0.4, -0.2) is 19.3 Å². The number of aliphatic hydroxyl groups is 1. The minimum atomic E-state index is -0.427. The summed E-state index contributed by atoms with van der Waals surface area (Å²) >= 11 is 0. The first-order valence-corrected chi connectivity index (χ1v) is 6.73. The van der Waals surface area contributed by atoms with Crippen molar-refractivity contribution in [3.8, 4) is 5.75 Å². The molecule has 0 saturated carbocycles. The Bertz CT molecular complexity index is 549. The van der Waals surface area contributed by atoms with E-state index in [4.69, 9.17) is 4.74 Å². The molecule has 0 saturated heterocycles. The van der Waals surface area contributed by atoms with Crippen LogP contribution in [0.5, 0.6) is 5.75 Å². The van der Waals surface area contributed by atoms with Crippen molar-refractivity contribution in [2.45, 2.75) is 19.6 Å². The first kappa shape index (κ1) is 14.4. The average molecular weight is 271 g/mol. The summed E-state index contributed by atoms with van der Waals surface area (Å²) in [5.74, 6) is 0.903. The van der Waals surface area contributed by atoms with Crippen LogP contribution in [0, 0.1) is 0 Å². The molecule has 0 heterocycles. The quantitative estimate of drug-likeness (QED) is 0.905. The van der Waals surface area contributed by atoms with Gasteiger partial charge in [-0.25, -0.2) is 0 Å². The van der Waals surface area contributed by atoms with Gasteiger partial charge in [0.2, 0.25) is 0 Å². The van der Waals surface area contributed by atoms with E-state index in [1.807, 2.05) is 49.5 Å². The molecule has 0 aromatic heterocycles. The number of methoxy groups -OCH3 is 1. The molecule has 1 atom stereocenters. The standard InChI is InChI=1S/C17H21NO2/c1-13(19)14-8-10-16(11-9-14)18(2)12-15-6-4-5-7-17(15)20-3/h4-11,13,19H,12H2,1-3H3/t13-/m1/s1. The third kappa shape index (κ3) is 3.31. The second-order valence-corrected chi connectivity index (χ2v) is 4.94. The van der Waals surface area contributed by atoms with E-state index >= 15 is 0 Å².